The van der Waals surface area contributed by atoms with Crippen molar-refractivity contribution >= 4 is 46.3 Å². The van der Waals surface area contributed by atoms with Gasteiger partial charge in [0.2, 0.25) is 6.79 Å². The molecule has 2 aliphatic rings. The largest absolute Gasteiger partial charge is 0.478 e. The van der Waals surface area contributed by atoms with Crippen molar-refractivity contribution in [3.8, 4) is 11.5 Å². The molecule has 0 bridgehead atoms. The molecular formula is C19H13NO5S2. The highest BCUT2D eigenvalue weighted by atomic mass is 32.2. The first kappa shape index (κ1) is 17.6. The molecule has 0 spiro atoms. The number of aromatic carboxylic acids is 1. The Hall–Kier alpha value is -2.84. The van der Waals surface area contributed by atoms with Crippen molar-refractivity contribution in [3.05, 3.63) is 64.1 Å². The summed E-state index contributed by atoms with van der Waals surface area (Å²) in [6.07, 6.45) is 1.66. The molecule has 1 fully saturated rings. The lowest BCUT2D eigenvalue weighted by Crippen LogP contribution is -2.27. The van der Waals surface area contributed by atoms with Crippen LogP contribution in [-0.2, 0) is 11.3 Å². The lowest BCUT2D eigenvalue weighted by Gasteiger charge is -2.14. The van der Waals surface area contributed by atoms with Gasteiger partial charge >= 0.3 is 5.97 Å². The number of benzene rings is 2. The number of carbonyl (C=O) groups is 2. The number of thiocarbonyl (C=S) groups is 1. The fraction of sp³-hybridized carbons (Fsp3) is 0.105. The molecule has 6 nitrogen and oxygen atoms in total. The van der Waals surface area contributed by atoms with Gasteiger partial charge in [0, 0.05) is 0 Å². The molecule has 0 aliphatic carbocycles. The van der Waals surface area contributed by atoms with Gasteiger partial charge in [-0.1, -0.05) is 42.2 Å². The van der Waals surface area contributed by atoms with Gasteiger partial charge in [-0.15, -0.1) is 0 Å². The van der Waals surface area contributed by atoms with Crippen LogP contribution in [0.5, 0.6) is 11.5 Å². The predicted octanol–water partition coefficient (Wildman–Crippen LogP) is 3.51. The van der Waals surface area contributed by atoms with Gasteiger partial charge < -0.3 is 14.6 Å². The summed E-state index contributed by atoms with van der Waals surface area (Å²) >= 11 is 6.55. The number of fused-ring (bicyclic) bond motifs is 1. The van der Waals surface area contributed by atoms with E-state index in [-0.39, 0.29) is 18.3 Å². The van der Waals surface area contributed by atoms with Crippen molar-refractivity contribution < 1.29 is 24.2 Å². The lowest BCUT2D eigenvalue weighted by molar-refractivity contribution is -0.122. The molecule has 2 aromatic rings. The van der Waals surface area contributed by atoms with E-state index in [4.69, 9.17) is 26.8 Å². The average Bonchev–Trinajstić information content (AvgIpc) is 3.22. The number of amides is 1. The van der Waals surface area contributed by atoms with Crippen LogP contribution in [-0.4, -0.2) is 33.0 Å². The van der Waals surface area contributed by atoms with E-state index in [1.54, 1.807) is 18.2 Å². The van der Waals surface area contributed by atoms with Crippen molar-refractivity contribution in [3.63, 3.8) is 0 Å². The SMILES string of the molecule is O=C(O)c1cccc(/C=C2\SC(=S)N(Cc3ccc4c(c3)OCO4)C2=O)c1. The number of rotatable bonds is 4. The summed E-state index contributed by atoms with van der Waals surface area (Å²) < 4.78 is 11.1. The standard InChI is InChI=1S/C19H13NO5S2/c21-17-16(8-11-2-1-3-13(6-11)18(22)23)27-19(26)20(17)9-12-4-5-14-15(7-12)25-10-24-14/h1-8H,9-10H2,(H,22,23)/b16-8-. The number of thioether (sulfide) groups is 1. The number of ether oxygens (including phenoxy) is 2. The molecule has 2 aliphatic heterocycles. The van der Waals surface area contributed by atoms with E-state index in [2.05, 4.69) is 0 Å². The van der Waals surface area contributed by atoms with Crippen molar-refractivity contribution in [2.45, 2.75) is 6.54 Å². The third-order valence-corrected chi connectivity index (χ3v) is 5.46. The van der Waals surface area contributed by atoms with E-state index in [1.165, 1.54) is 28.8 Å². The van der Waals surface area contributed by atoms with Gasteiger partial charge in [0.05, 0.1) is 17.0 Å². The van der Waals surface area contributed by atoms with Crippen LogP contribution in [0.2, 0.25) is 0 Å². The number of carboxylic acid groups (broad SMARTS) is 1. The molecule has 8 heteroatoms. The van der Waals surface area contributed by atoms with Gasteiger partial charge in [-0.2, -0.15) is 0 Å². The zero-order valence-electron chi connectivity index (χ0n) is 13.9. The Morgan fingerprint density at radius 3 is 2.85 bits per heavy atom. The summed E-state index contributed by atoms with van der Waals surface area (Å²) in [6.45, 7) is 0.520. The van der Waals surface area contributed by atoms with Crippen LogP contribution >= 0.6 is 24.0 Å². The molecule has 136 valence electrons. The number of nitrogens with zero attached hydrogens (tertiary/aromatic N) is 1. The quantitative estimate of drug-likeness (QED) is 0.623. The minimum absolute atomic E-state index is 0.166. The summed E-state index contributed by atoms with van der Waals surface area (Å²) in [6, 6.07) is 11.9. The van der Waals surface area contributed by atoms with Crippen molar-refractivity contribution in [2.24, 2.45) is 0 Å². The third kappa shape index (κ3) is 3.54. The van der Waals surface area contributed by atoms with E-state index in [0.29, 0.717) is 32.8 Å². The van der Waals surface area contributed by atoms with E-state index in [0.717, 1.165) is 5.56 Å². The van der Waals surface area contributed by atoms with Crippen molar-refractivity contribution in [2.75, 3.05) is 6.79 Å². The lowest BCUT2D eigenvalue weighted by atomic mass is 10.1. The van der Waals surface area contributed by atoms with E-state index in [9.17, 15) is 9.59 Å². The third-order valence-electron chi connectivity index (χ3n) is 4.08. The Morgan fingerprint density at radius 2 is 2.04 bits per heavy atom. The minimum Gasteiger partial charge on any atom is -0.478 e. The molecule has 2 heterocycles. The zero-order valence-corrected chi connectivity index (χ0v) is 15.5. The Bertz CT molecular complexity index is 1000. The van der Waals surface area contributed by atoms with Crippen LogP contribution in [0.25, 0.3) is 6.08 Å². The second-order valence-electron chi connectivity index (χ2n) is 5.89. The maximum Gasteiger partial charge on any atom is 0.335 e. The molecule has 0 unspecified atom stereocenters. The number of carbonyl (C=O) groups excluding carboxylic acids is 1. The fourth-order valence-electron chi connectivity index (χ4n) is 2.77. The zero-order chi connectivity index (χ0) is 19.0. The summed E-state index contributed by atoms with van der Waals surface area (Å²) in [5.74, 6) is 0.116. The summed E-state index contributed by atoms with van der Waals surface area (Å²) in [7, 11) is 0. The van der Waals surface area contributed by atoms with Crippen LogP contribution in [0.15, 0.2) is 47.4 Å². The molecule has 1 N–H and O–H groups in total. The maximum absolute atomic E-state index is 12.8. The first-order valence-electron chi connectivity index (χ1n) is 7.98. The molecule has 4 rings (SSSR count). The Morgan fingerprint density at radius 1 is 1.22 bits per heavy atom. The summed E-state index contributed by atoms with van der Waals surface area (Å²) in [5.41, 5.74) is 1.68. The molecule has 1 saturated heterocycles. The Kier molecular flexibility index (Phi) is 4.59. The van der Waals surface area contributed by atoms with Gasteiger partial charge in [0.25, 0.3) is 5.91 Å². The highest BCUT2D eigenvalue weighted by Gasteiger charge is 2.32. The minimum atomic E-state index is -1.01. The number of carboxylic acids is 1. The molecule has 0 aromatic heterocycles. The monoisotopic (exact) mass is 399 g/mol. The topological polar surface area (TPSA) is 76.1 Å². The van der Waals surface area contributed by atoms with Gasteiger partial charge in [-0.05, 0) is 41.5 Å². The number of hydrogen-bond acceptors (Lipinski definition) is 6. The fourth-order valence-corrected chi connectivity index (χ4v) is 4.03. The molecule has 2 aromatic carbocycles. The Balaban J connectivity index is 1.55. The molecule has 27 heavy (non-hydrogen) atoms. The molecule has 1 amide bonds. The smallest absolute Gasteiger partial charge is 0.335 e. The van der Waals surface area contributed by atoms with Gasteiger partial charge in [0.15, 0.2) is 11.5 Å². The highest BCUT2D eigenvalue weighted by Crippen LogP contribution is 2.36. The van der Waals surface area contributed by atoms with Crippen LogP contribution in [0, 0.1) is 0 Å². The van der Waals surface area contributed by atoms with Gasteiger partial charge in [-0.3, -0.25) is 9.69 Å². The summed E-state index contributed by atoms with van der Waals surface area (Å²) in [4.78, 5) is 25.8. The number of hydrogen-bond donors (Lipinski definition) is 1. The highest BCUT2D eigenvalue weighted by molar-refractivity contribution is 8.26. The van der Waals surface area contributed by atoms with Crippen LogP contribution in [0.3, 0.4) is 0 Å². The molecule has 0 saturated carbocycles. The van der Waals surface area contributed by atoms with Crippen LogP contribution in [0.4, 0.5) is 0 Å². The van der Waals surface area contributed by atoms with Crippen molar-refractivity contribution in [1.29, 1.82) is 0 Å². The predicted molar refractivity (Wildman–Crippen MR) is 105 cm³/mol. The normalized spacial score (nSPS) is 17.0. The van der Waals surface area contributed by atoms with Gasteiger partial charge in [-0.25, -0.2) is 4.79 Å². The molecule has 0 radical (unpaired) electrons. The van der Waals surface area contributed by atoms with Gasteiger partial charge in [0.1, 0.15) is 4.32 Å². The van der Waals surface area contributed by atoms with Crippen molar-refractivity contribution in [1.82, 2.24) is 4.90 Å². The molecule has 0 atom stereocenters. The van der Waals surface area contributed by atoms with Crippen LogP contribution < -0.4 is 9.47 Å². The van der Waals surface area contributed by atoms with E-state index < -0.39 is 5.97 Å². The second kappa shape index (κ2) is 7.05. The van der Waals surface area contributed by atoms with E-state index in [1.807, 2.05) is 18.2 Å². The van der Waals surface area contributed by atoms with E-state index >= 15 is 0 Å². The molecular weight excluding hydrogens is 386 g/mol. The maximum atomic E-state index is 12.8. The average molecular weight is 399 g/mol. The first-order valence-corrected chi connectivity index (χ1v) is 9.21. The first-order chi connectivity index (χ1) is 13.0. The summed E-state index contributed by atoms with van der Waals surface area (Å²) in [5, 5.41) is 9.10. The Labute approximate surface area is 164 Å². The second-order valence-corrected chi connectivity index (χ2v) is 7.56. The van der Waals surface area contributed by atoms with Crippen LogP contribution in [0.1, 0.15) is 21.5 Å².